The molecule has 0 N–H and O–H groups in total. The molecule has 2 heterocycles. The second kappa shape index (κ2) is 6.53. The minimum absolute atomic E-state index is 0.0565. The Morgan fingerprint density at radius 2 is 1.81 bits per heavy atom. The Labute approximate surface area is 151 Å². The van der Waals surface area contributed by atoms with Crippen LogP contribution in [0.5, 0.6) is 5.75 Å². The minimum atomic E-state index is -2.98. The summed E-state index contributed by atoms with van der Waals surface area (Å²) >= 11 is 1.09. The summed E-state index contributed by atoms with van der Waals surface area (Å²) in [7, 11) is 0. The average molecular weight is 376 g/mol. The Hall–Kier alpha value is -2.74. The maximum atomic E-state index is 13.0. The third-order valence-corrected chi connectivity index (χ3v) is 5.32. The molecule has 1 aliphatic rings. The number of aromatic nitrogens is 1. The van der Waals surface area contributed by atoms with Crippen LogP contribution in [0.25, 0.3) is 10.2 Å². The maximum absolute atomic E-state index is 13.0. The van der Waals surface area contributed by atoms with Crippen LogP contribution >= 0.6 is 11.3 Å². The van der Waals surface area contributed by atoms with E-state index in [-0.39, 0.29) is 22.2 Å². The van der Waals surface area contributed by atoms with E-state index in [0.29, 0.717) is 18.5 Å². The highest BCUT2D eigenvalue weighted by Crippen LogP contribution is 2.36. The van der Waals surface area contributed by atoms with Crippen molar-refractivity contribution in [2.75, 3.05) is 11.4 Å². The number of fused-ring (bicyclic) bond motifs is 1. The van der Waals surface area contributed by atoms with Gasteiger partial charge in [0.1, 0.15) is 11.8 Å². The molecule has 1 aromatic heterocycles. The van der Waals surface area contributed by atoms with Crippen molar-refractivity contribution in [2.24, 2.45) is 0 Å². The summed E-state index contributed by atoms with van der Waals surface area (Å²) in [6, 6.07) is 12.8. The second-order valence-electron chi connectivity index (χ2n) is 5.85. The number of para-hydroxylation sites is 3. The van der Waals surface area contributed by atoms with Crippen LogP contribution in [0.2, 0.25) is 0 Å². The van der Waals surface area contributed by atoms with Crippen LogP contribution in [0.1, 0.15) is 12.5 Å². The molecule has 1 saturated heterocycles. The van der Waals surface area contributed by atoms with Gasteiger partial charge in [0.25, 0.3) is 0 Å². The van der Waals surface area contributed by atoms with Crippen molar-refractivity contribution < 1.29 is 18.3 Å². The molecule has 0 bridgehead atoms. The number of benzene rings is 2. The van der Waals surface area contributed by atoms with E-state index >= 15 is 0 Å². The summed E-state index contributed by atoms with van der Waals surface area (Å²) in [6.45, 7) is -2.66. The molecule has 0 spiro atoms. The van der Waals surface area contributed by atoms with E-state index in [1.165, 1.54) is 15.5 Å². The summed E-state index contributed by atoms with van der Waals surface area (Å²) in [5, 5.41) is 0. The number of rotatable bonds is 4. The van der Waals surface area contributed by atoms with Gasteiger partial charge in [0, 0.05) is 6.54 Å². The number of carbonyl (C=O) groups is 1. The van der Waals surface area contributed by atoms with Crippen molar-refractivity contribution in [2.45, 2.75) is 19.1 Å². The third kappa shape index (κ3) is 2.76. The van der Waals surface area contributed by atoms with Crippen molar-refractivity contribution in [3.8, 4) is 5.75 Å². The normalized spacial score (nSPS) is 17.4. The van der Waals surface area contributed by atoms with E-state index in [1.54, 1.807) is 24.3 Å². The summed E-state index contributed by atoms with van der Waals surface area (Å²) in [6.07, 6.45) is 0.419. The van der Waals surface area contributed by atoms with E-state index in [2.05, 4.69) is 4.74 Å². The minimum Gasteiger partial charge on any atom is -0.433 e. The molecule has 0 radical (unpaired) electrons. The van der Waals surface area contributed by atoms with Gasteiger partial charge in [-0.15, -0.1) is 0 Å². The van der Waals surface area contributed by atoms with E-state index in [9.17, 15) is 18.4 Å². The van der Waals surface area contributed by atoms with Gasteiger partial charge in [-0.05, 0) is 30.7 Å². The predicted molar refractivity (Wildman–Crippen MR) is 95.2 cm³/mol. The number of anilines is 1. The Morgan fingerprint density at radius 1 is 1.08 bits per heavy atom. The van der Waals surface area contributed by atoms with E-state index < -0.39 is 12.7 Å². The second-order valence-corrected chi connectivity index (χ2v) is 6.84. The Kier molecular flexibility index (Phi) is 4.20. The lowest BCUT2D eigenvalue weighted by atomic mass is 10.2. The predicted octanol–water partition coefficient (Wildman–Crippen LogP) is 3.64. The first-order valence-electron chi connectivity index (χ1n) is 8.01. The van der Waals surface area contributed by atoms with Gasteiger partial charge in [0.2, 0.25) is 5.91 Å². The molecule has 1 aliphatic heterocycles. The molecule has 26 heavy (non-hydrogen) atoms. The zero-order valence-electron chi connectivity index (χ0n) is 13.5. The summed E-state index contributed by atoms with van der Waals surface area (Å²) in [5.41, 5.74) is 0.993. The van der Waals surface area contributed by atoms with Gasteiger partial charge in [-0.25, -0.2) is 0 Å². The molecule has 4 rings (SSSR count). The van der Waals surface area contributed by atoms with E-state index in [1.807, 2.05) is 18.2 Å². The van der Waals surface area contributed by atoms with Crippen molar-refractivity contribution in [3.63, 3.8) is 0 Å². The van der Waals surface area contributed by atoms with Crippen LogP contribution in [0.4, 0.5) is 14.5 Å². The average Bonchev–Trinajstić information content (AvgIpc) is 3.14. The van der Waals surface area contributed by atoms with Crippen molar-refractivity contribution in [1.82, 2.24) is 4.57 Å². The fraction of sp³-hybridized carbons (Fsp3) is 0.222. The summed E-state index contributed by atoms with van der Waals surface area (Å²) in [5.74, 6) is -0.361. The number of halogens is 2. The molecule has 1 amide bonds. The number of ether oxygens (including phenoxy) is 1. The number of nitrogens with zero attached hydrogens (tertiary/aromatic N) is 2. The molecule has 1 fully saturated rings. The number of hydrogen-bond donors (Lipinski definition) is 0. The third-order valence-electron chi connectivity index (χ3n) is 4.38. The molecule has 0 aliphatic carbocycles. The molecule has 5 nitrogen and oxygen atoms in total. The fourth-order valence-corrected chi connectivity index (χ4v) is 4.23. The van der Waals surface area contributed by atoms with Crippen LogP contribution in [-0.4, -0.2) is 23.6 Å². The van der Waals surface area contributed by atoms with Gasteiger partial charge < -0.3 is 9.64 Å². The number of hydrogen-bond acceptors (Lipinski definition) is 4. The van der Waals surface area contributed by atoms with Crippen LogP contribution in [-0.2, 0) is 4.79 Å². The summed E-state index contributed by atoms with van der Waals surface area (Å²) in [4.78, 5) is 26.6. The maximum Gasteiger partial charge on any atom is 0.387 e. The highest BCUT2D eigenvalue weighted by molar-refractivity contribution is 7.16. The fourth-order valence-electron chi connectivity index (χ4n) is 3.30. The molecule has 0 unspecified atom stereocenters. The number of thiazole rings is 1. The number of alkyl halides is 2. The van der Waals surface area contributed by atoms with Crippen LogP contribution in [0.3, 0.4) is 0 Å². The molecular weight excluding hydrogens is 362 g/mol. The van der Waals surface area contributed by atoms with Gasteiger partial charge in [-0.1, -0.05) is 35.6 Å². The molecule has 8 heteroatoms. The molecule has 1 atom stereocenters. The zero-order valence-corrected chi connectivity index (χ0v) is 14.3. The van der Waals surface area contributed by atoms with Crippen molar-refractivity contribution in [3.05, 3.63) is 58.2 Å². The van der Waals surface area contributed by atoms with Crippen LogP contribution in [0, 0.1) is 0 Å². The van der Waals surface area contributed by atoms with Gasteiger partial charge in [-0.2, -0.15) is 8.78 Å². The van der Waals surface area contributed by atoms with Gasteiger partial charge >= 0.3 is 11.5 Å². The Balaban J connectivity index is 1.71. The van der Waals surface area contributed by atoms with Crippen LogP contribution in [0.15, 0.2) is 53.3 Å². The van der Waals surface area contributed by atoms with E-state index in [0.717, 1.165) is 16.0 Å². The topological polar surface area (TPSA) is 51.5 Å². The van der Waals surface area contributed by atoms with Crippen LogP contribution < -0.4 is 14.5 Å². The van der Waals surface area contributed by atoms with Crippen molar-refractivity contribution >= 4 is 33.1 Å². The van der Waals surface area contributed by atoms with Gasteiger partial charge in [-0.3, -0.25) is 14.2 Å². The van der Waals surface area contributed by atoms with Gasteiger partial charge in [0.15, 0.2) is 0 Å². The number of carbonyl (C=O) groups excluding carboxylic acids is 1. The summed E-state index contributed by atoms with van der Waals surface area (Å²) < 4.78 is 32.1. The Morgan fingerprint density at radius 3 is 2.62 bits per heavy atom. The molecule has 0 saturated carbocycles. The zero-order chi connectivity index (χ0) is 18.3. The highest BCUT2D eigenvalue weighted by atomic mass is 32.1. The molecule has 134 valence electrons. The first-order chi connectivity index (χ1) is 12.6. The molecule has 3 aromatic rings. The first-order valence-corrected chi connectivity index (χ1v) is 8.83. The smallest absolute Gasteiger partial charge is 0.387 e. The lowest BCUT2D eigenvalue weighted by Gasteiger charge is -2.20. The SMILES string of the molecule is O=C1[C@@H](n2c(=O)sc3ccccc32)CCN1c1ccccc1OC(F)F. The standard InChI is InChI=1S/C18H14F2N2O3S/c19-17(20)25-14-7-3-1-5-11(14)21-10-9-13(16(21)23)22-12-6-2-4-8-15(12)26-18(22)24/h1-8,13,17H,9-10H2/t13-/m0/s1. The number of amides is 1. The van der Waals surface area contributed by atoms with Crippen molar-refractivity contribution in [1.29, 1.82) is 0 Å². The quantitative estimate of drug-likeness (QED) is 0.699. The monoisotopic (exact) mass is 376 g/mol. The largest absolute Gasteiger partial charge is 0.433 e. The lowest BCUT2D eigenvalue weighted by Crippen LogP contribution is -2.31. The highest BCUT2D eigenvalue weighted by Gasteiger charge is 2.37. The van der Waals surface area contributed by atoms with E-state index in [4.69, 9.17) is 0 Å². The molecular formula is C18H14F2N2O3S. The Bertz CT molecular complexity index is 1030. The lowest BCUT2D eigenvalue weighted by molar-refractivity contribution is -0.119. The molecule has 2 aromatic carbocycles. The van der Waals surface area contributed by atoms with Gasteiger partial charge in [0.05, 0.1) is 15.9 Å². The first kappa shape index (κ1) is 16.7.